The van der Waals surface area contributed by atoms with Crippen LogP contribution in [0.3, 0.4) is 0 Å². The predicted molar refractivity (Wildman–Crippen MR) is 44.7 cm³/mol. The third-order valence-electron chi connectivity index (χ3n) is 1.68. The Labute approximate surface area is 64.7 Å². The number of aromatic nitrogens is 2. The fraction of sp³-hybridized carbons (Fsp3) is 0.125. The second-order valence-electron chi connectivity index (χ2n) is 2.32. The zero-order valence-corrected chi connectivity index (χ0v) is 6.28. The molecule has 0 saturated carbocycles. The van der Waals surface area contributed by atoms with Crippen LogP contribution in [-0.2, 0) is 0 Å². The first kappa shape index (κ1) is 6.22. The Bertz CT molecular complexity index is 364. The maximum absolute atomic E-state index is 4.15. The van der Waals surface area contributed by atoms with Gasteiger partial charge in [-0.25, -0.2) is 4.98 Å². The molecule has 0 radical (unpaired) electrons. The van der Waals surface area contributed by atoms with Crippen LogP contribution in [0.2, 0.25) is 0 Å². The first-order valence-corrected chi connectivity index (χ1v) is 3.51. The fourth-order valence-corrected chi connectivity index (χ4v) is 1.15. The van der Waals surface area contributed by atoms with Crippen molar-refractivity contribution in [2.75, 3.05) is 12.4 Å². The van der Waals surface area contributed by atoms with Gasteiger partial charge in [-0.15, -0.1) is 0 Å². The van der Waals surface area contributed by atoms with Gasteiger partial charge in [-0.1, -0.05) is 6.07 Å². The van der Waals surface area contributed by atoms with Crippen molar-refractivity contribution in [1.29, 1.82) is 0 Å². The average molecular weight is 147 g/mol. The molecule has 3 nitrogen and oxygen atoms in total. The van der Waals surface area contributed by atoms with Gasteiger partial charge in [0, 0.05) is 19.4 Å². The number of nitrogens with zero attached hydrogens (tertiary/aromatic N) is 2. The SMILES string of the molecule is CNc1cccc2nccn12. The number of pyridine rings is 1. The molecule has 0 aliphatic heterocycles. The predicted octanol–water partition coefficient (Wildman–Crippen LogP) is 1.38. The molecule has 56 valence electrons. The Balaban J connectivity index is 2.79. The topological polar surface area (TPSA) is 29.3 Å². The third kappa shape index (κ3) is 0.852. The van der Waals surface area contributed by atoms with Gasteiger partial charge in [-0.05, 0) is 12.1 Å². The van der Waals surface area contributed by atoms with Crippen LogP contribution in [0, 0.1) is 0 Å². The summed E-state index contributed by atoms with van der Waals surface area (Å²) in [5, 5.41) is 3.08. The number of rotatable bonds is 1. The standard InChI is InChI=1S/C8H9N3/c1-9-7-3-2-4-8-10-5-6-11(7)8/h2-6,9H,1H3. The second-order valence-corrected chi connectivity index (χ2v) is 2.32. The molecule has 0 amide bonds. The highest BCUT2D eigenvalue weighted by Crippen LogP contribution is 2.08. The number of nitrogens with one attached hydrogen (secondary N) is 1. The van der Waals surface area contributed by atoms with Crippen molar-refractivity contribution >= 4 is 11.5 Å². The van der Waals surface area contributed by atoms with Crippen LogP contribution in [0.15, 0.2) is 30.6 Å². The first-order valence-electron chi connectivity index (χ1n) is 3.51. The molecule has 0 fully saturated rings. The summed E-state index contributed by atoms with van der Waals surface area (Å²) < 4.78 is 2.00. The van der Waals surface area contributed by atoms with E-state index in [-0.39, 0.29) is 0 Å². The van der Waals surface area contributed by atoms with E-state index in [4.69, 9.17) is 0 Å². The van der Waals surface area contributed by atoms with Gasteiger partial charge in [0.2, 0.25) is 0 Å². The van der Waals surface area contributed by atoms with Crippen molar-refractivity contribution in [2.24, 2.45) is 0 Å². The molecule has 11 heavy (non-hydrogen) atoms. The third-order valence-corrected chi connectivity index (χ3v) is 1.68. The molecular weight excluding hydrogens is 138 g/mol. The Morgan fingerprint density at radius 2 is 2.36 bits per heavy atom. The van der Waals surface area contributed by atoms with E-state index in [0.717, 1.165) is 11.5 Å². The summed E-state index contributed by atoms with van der Waals surface area (Å²) in [6.45, 7) is 0. The zero-order chi connectivity index (χ0) is 7.68. The smallest absolute Gasteiger partial charge is 0.138 e. The van der Waals surface area contributed by atoms with Crippen LogP contribution in [0.4, 0.5) is 5.82 Å². The number of imidazole rings is 1. The van der Waals surface area contributed by atoms with E-state index >= 15 is 0 Å². The highest BCUT2D eigenvalue weighted by Gasteiger charge is 1.95. The van der Waals surface area contributed by atoms with Crippen LogP contribution in [-0.4, -0.2) is 16.4 Å². The largest absolute Gasteiger partial charge is 0.374 e. The minimum atomic E-state index is 0.969. The summed E-state index contributed by atoms with van der Waals surface area (Å²) in [5.74, 6) is 1.06. The van der Waals surface area contributed by atoms with E-state index in [1.807, 2.05) is 35.8 Å². The molecule has 0 atom stereocenters. The van der Waals surface area contributed by atoms with Crippen LogP contribution in [0.5, 0.6) is 0 Å². The number of hydrogen-bond acceptors (Lipinski definition) is 2. The second kappa shape index (κ2) is 2.27. The molecule has 0 unspecified atom stereocenters. The molecule has 2 aromatic rings. The summed E-state index contributed by atoms with van der Waals surface area (Å²) in [4.78, 5) is 4.15. The fourth-order valence-electron chi connectivity index (χ4n) is 1.15. The van der Waals surface area contributed by atoms with E-state index in [2.05, 4.69) is 10.3 Å². The molecule has 0 spiro atoms. The number of anilines is 1. The van der Waals surface area contributed by atoms with Crippen molar-refractivity contribution in [3.8, 4) is 0 Å². The molecule has 0 bridgehead atoms. The lowest BCUT2D eigenvalue weighted by molar-refractivity contribution is 1.17. The van der Waals surface area contributed by atoms with Gasteiger partial charge in [0.05, 0.1) is 0 Å². The maximum atomic E-state index is 4.15. The van der Waals surface area contributed by atoms with Crippen LogP contribution in [0.25, 0.3) is 5.65 Å². The quantitative estimate of drug-likeness (QED) is 0.660. The molecule has 2 rings (SSSR count). The van der Waals surface area contributed by atoms with Gasteiger partial charge >= 0.3 is 0 Å². The maximum Gasteiger partial charge on any atom is 0.138 e. The molecular formula is C8H9N3. The average Bonchev–Trinajstić information content (AvgIpc) is 2.50. The summed E-state index contributed by atoms with van der Waals surface area (Å²) in [5.41, 5.74) is 0.969. The van der Waals surface area contributed by atoms with Crippen molar-refractivity contribution in [1.82, 2.24) is 9.38 Å². The summed E-state index contributed by atoms with van der Waals surface area (Å²) >= 11 is 0. The van der Waals surface area contributed by atoms with E-state index in [9.17, 15) is 0 Å². The monoisotopic (exact) mass is 147 g/mol. The first-order chi connectivity index (χ1) is 5.42. The summed E-state index contributed by atoms with van der Waals surface area (Å²) in [7, 11) is 1.90. The van der Waals surface area contributed by atoms with Crippen molar-refractivity contribution in [3.63, 3.8) is 0 Å². The van der Waals surface area contributed by atoms with E-state index in [1.54, 1.807) is 6.20 Å². The van der Waals surface area contributed by atoms with E-state index in [0.29, 0.717) is 0 Å². The number of fused-ring (bicyclic) bond motifs is 1. The Kier molecular flexibility index (Phi) is 1.28. The van der Waals surface area contributed by atoms with Gasteiger partial charge in [-0.3, -0.25) is 4.40 Å². The molecule has 0 aliphatic rings. The number of hydrogen-bond donors (Lipinski definition) is 1. The molecule has 1 N–H and O–H groups in total. The van der Waals surface area contributed by atoms with E-state index < -0.39 is 0 Å². The minimum Gasteiger partial charge on any atom is -0.374 e. The Morgan fingerprint density at radius 1 is 1.45 bits per heavy atom. The Morgan fingerprint density at radius 3 is 3.18 bits per heavy atom. The summed E-state index contributed by atoms with van der Waals surface area (Å²) in [6, 6.07) is 5.96. The minimum absolute atomic E-state index is 0.969. The van der Waals surface area contributed by atoms with Gasteiger partial charge in [-0.2, -0.15) is 0 Å². The molecule has 0 saturated heterocycles. The van der Waals surface area contributed by atoms with Crippen LogP contribution < -0.4 is 5.32 Å². The van der Waals surface area contributed by atoms with E-state index in [1.165, 1.54) is 0 Å². The molecule has 0 aromatic carbocycles. The highest BCUT2D eigenvalue weighted by molar-refractivity contribution is 5.49. The lowest BCUT2D eigenvalue weighted by atomic mass is 10.4. The normalized spacial score (nSPS) is 10.3. The van der Waals surface area contributed by atoms with Gasteiger partial charge in [0.15, 0.2) is 0 Å². The summed E-state index contributed by atoms with van der Waals surface area (Å²) in [6.07, 6.45) is 3.72. The van der Waals surface area contributed by atoms with Crippen molar-refractivity contribution in [3.05, 3.63) is 30.6 Å². The van der Waals surface area contributed by atoms with Crippen molar-refractivity contribution < 1.29 is 0 Å². The lowest BCUT2D eigenvalue weighted by Crippen LogP contribution is -1.95. The van der Waals surface area contributed by atoms with Crippen LogP contribution in [0.1, 0.15) is 0 Å². The molecule has 0 aliphatic carbocycles. The molecule has 3 heteroatoms. The van der Waals surface area contributed by atoms with Crippen molar-refractivity contribution in [2.45, 2.75) is 0 Å². The molecule has 2 heterocycles. The molecule has 2 aromatic heterocycles. The highest BCUT2D eigenvalue weighted by atomic mass is 15.1. The zero-order valence-electron chi connectivity index (χ0n) is 6.28. The van der Waals surface area contributed by atoms with Gasteiger partial charge in [0.1, 0.15) is 11.5 Å². The Hall–Kier alpha value is -1.51. The van der Waals surface area contributed by atoms with Gasteiger partial charge < -0.3 is 5.32 Å². The van der Waals surface area contributed by atoms with Crippen LogP contribution >= 0.6 is 0 Å². The van der Waals surface area contributed by atoms with Gasteiger partial charge in [0.25, 0.3) is 0 Å². The lowest BCUT2D eigenvalue weighted by Gasteiger charge is -2.01.